The van der Waals surface area contributed by atoms with Crippen molar-refractivity contribution in [3.63, 3.8) is 0 Å². The molecule has 12 heteroatoms. The predicted octanol–water partition coefficient (Wildman–Crippen LogP) is 6.55. The molecule has 0 radical (unpaired) electrons. The number of nitrogens with two attached hydrogens (primary N) is 1. The van der Waals surface area contributed by atoms with E-state index < -0.39 is 15.7 Å². The van der Waals surface area contributed by atoms with Gasteiger partial charge in [0.2, 0.25) is 0 Å². The Bertz CT molecular complexity index is 1120. The lowest BCUT2D eigenvalue weighted by Crippen LogP contribution is -2.21. The summed E-state index contributed by atoms with van der Waals surface area (Å²) < 4.78 is 30.5. The average Bonchev–Trinajstić information content (AvgIpc) is 3.35. The Morgan fingerprint density at radius 2 is 1.66 bits per heavy atom. The van der Waals surface area contributed by atoms with E-state index in [4.69, 9.17) is 19.7 Å². The van der Waals surface area contributed by atoms with Crippen molar-refractivity contribution in [2.75, 3.05) is 31.9 Å². The highest BCUT2D eigenvalue weighted by Crippen LogP contribution is 2.42. The second-order valence-electron chi connectivity index (χ2n) is 11.3. The Morgan fingerprint density at radius 3 is 2.37 bits per heavy atom. The molecular formula is C29H52N5O5PSi. The molecule has 0 amide bonds. The minimum atomic E-state index is -3.84. The molecule has 0 aliphatic carbocycles. The number of unbranched alkanes of at least 4 members (excludes halogenated alkanes) is 9. The standard InChI is InChI=1S/C29H52N5O5PSi/c1-5-41(3,4)21-16-14-12-10-8-6-7-9-11-13-15-18-37-19-17-20-39-40(35,36)25-38-26(2)22-34-24-33-27-28(30)31-23-32-29(27)34/h23-24,26H,5-15,17-20,22,25H2,1-4H3,(H,35,36)(H2,30,31,32)/t26-/m1/s1. The second-order valence-corrected chi connectivity index (χ2v) is 17.9. The number of anilines is 1. The maximum absolute atomic E-state index is 12.3. The number of imidazole rings is 1. The zero-order valence-corrected chi connectivity index (χ0v) is 27.5. The first-order valence-electron chi connectivity index (χ1n) is 15.2. The minimum Gasteiger partial charge on any atom is -0.382 e. The Labute approximate surface area is 247 Å². The van der Waals surface area contributed by atoms with Crippen molar-refractivity contribution in [3.8, 4) is 11.5 Å². The Kier molecular flexibility index (Phi) is 16.7. The molecule has 0 fully saturated rings. The van der Waals surface area contributed by atoms with Crippen molar-refractivity contribution >= 4 is 32.7 Å². The predicted molar refractivity (Wildman–Crippen MR) is 168 cm³/mol. The molecule has 2 heterocycles. The average molecular weight is 610 g/mol. The molecule has 0 aliphatic heterocycles. The molecule has 0 aliphatic rings. The second kappa shape index (κ2) is 19.4. The van der Waals surface area contributed by atoms with Gasteiger partial charge >= 0.3 is 7.60 Å². The molecule has 0 spiro atoms. The quantitative estimate of drug-likeness (QED) is 0.0659. The smallest absolute Gasteiger partial charge is 0.353 e. The van der Waals surface area contributed by atoms with Crippen LogP contribution >= 0.6 is 7.60 Å². The van der Waals surface area contributed by atoms with E-state index in [1.54, 1.807) is 17.8 Å². The van der Waals surface area contributed by atoms with Crippen molar-refractivity contribution in [1.82, 2.24) is 19.5 Å². The maximum Gasteiger partial charge on any atom is 0.353 e. The van der Waals surface area contributed by atoms with Gasteiger partial charge in [-0.2, -0.15) is 0 Å². The zero-order chi connectivity index (χ0) is 30.0. The summed E-state index contributed by atoms with van der Waals surface area (Å²) in [6.07, 6.45) is 15.1. The fourth-order valence-electron chi connectivity index (χ4n) is 4.14. The van der Waals surface area contributed by atoms with Gasteiger partial charge in [0, 0.05) is 19.6 Å². The zero-order valence-electron chi connectivity index (χ0n) is 25.6. The van der Waals surface area contributed by atoms with E-state index in [1.165, 1.54) is 63.7 Å². The van der Waals surface area contributed by atoms with Gasteiger partial charge in [-0.15, -0.1) is 11.5 Å². The summed E-state index contributed by atoms with van der Waals surface area (Å²) in [5.41, 5.74) is 10.4. The van der Waals surface area contributed by atoms with Gasteiger partial charge in [0.05, 0.1) is 25.6 Å². The lowest BCUT2D eigenvalue weighted by Gasteiger charge is -2.17. The van der Waals surface area contributed by atoms with E-state index in [-0.39, 0.29) is 19.1 Å². The highest BCUT2D eigenvalue weighted by atomic mass is 31.2. The molecule has 0 aromatic carbocycles. The third-order valence-corrected chi connectivity index (χ3v) is 10.7. The lowest BCUT2D eigenvalue weighted by atomic mass is 10.1. The molecule has 2 aromatic rings. The molecule has 2 rings (SSSR count). The van der Waals surface area contributed by atoms with Crippen LogP contribution in [0.15, 0.2) is 12.7 Å². The van der Waals surface area contributed by atoms with Gasteiger partial charge in [0.15, 0.2) is 11.5 Å². The molecule has 2 atom stereocenters. The van der Waals surface area contributed by atoms with Crippen molar-refractivity contribution in [2.45, 2.75) is 116 Å². The third-order valence-electron chi connectivity index (χ3n) is 7.03. The summed E-state index contributed by atoms with van der Waals surface area (Å²) in [7, 11) is -5.06. The van der Waals surface area contributed by atoms with Crippen LogP contribution in [0, 0.1) is 11.5 Å². The SMILES string of the molecule is CC[Si](C)(C)C#CCCCCCCCCCCCOCCCOP(=O)(O)CO[C@H](C)Cn1cnc2c(N)ncnc21. The van der Waals surface area contributed by atoms with Crippen LogP contribution in [0.3, 0.4) is 0 Å². The van der Waals surface area contributed by atoms with Gasteiger partial charge < -0.3 is 29.2 Å². The number of ether oxygens (including phenoxy) is 2. The Morgan fingerprint density at radius 1 is 1.00 bits per heavy atom. The van der Waals surface area contributed by atoms with Gasteiger partial charge in [0.1, 0.15) is 26.3 Å². The van der Waals surface area contributed by atoms with Crippen LogP contribution in [-0.4, -0.2) is 64.8 Å². The molecular weight excluding hydrogens is 557 g/mol. The Balaban J connectivity index is 1.39. The van der Waals surface area contributed by atoms with E-state index in [0.29, 0.717) is 36.6 Å². The normalized spacial score (nSPS) is 14.1. The van der Waals surface area contributed by atoms with Crippen LogP contribution in [0.4, 0.5) is 5.82 Å². The first kappa shape index (κ1) is 35.4. The monoisotopic (exact) mass is 609 g/mol. The fourth-order valence-corrected chi connectivity index (χ4v) is 5.85. The van der Waals surface area contributed by atoms with Gasteiger partial charge in [-0.25, -0.2) is 15.0 Å². The number of hydrogen-bond donors (Lipinski definition) is 2. The van der Waals surface area contributed by atoms with E-state index in [0.717, 1.165) is 19.4 Å². The first-order chi connectivity index (χ1) is 19.6. The van der Waals surface area contributed by atoms with Crippen LogP contribution in [0.25, 0.3) is 11.2 Å². The molecule has 2 aromatic heterocycles. The summed E-state index contributed by atoms with van der Waals surface area (Å²) in [5.74, 6) is 3.71. The van der Waals surface area contributed by atoms with Crippen LogP contribution in [0.5, 0.6) is 0 Å². The van der Waals surface area contributed by atoms with E-state index in [9.17, 15) is 9.46 Å². The van der Waals surface area contributed by atoms with E-state index in [1.807, 2.05) is 0 Å². The van der Waals surface area contributed by atoms with E-state index in [2.05, 4.69) is 46.4 Å². The van der Waals surface area contributed by atoms with Crippen molar-refractivity contribution in [3.05, 3.63) is 12.7 Å². The van der Waals surface area contributed by atoms with Gasteiger partial charge in [-0.3, -0.25) is 4.57 Å². The number of hydrogen-bond acceptors (Lipinski definition) is 8. The van der Waals surface area contributed by atoms with Crippen LogP contribution in [0.1, 0.15) is 84.5 Å². The minimum absolute atomic E-state index is 0.152. The molecule has 1 unspecified atom stereocenters. The molecule has 0 saturated carbocycles. The van der Waals surface area contributed by atoms with Crippen LogP contribution in [0.2, 0.25) is 19.1 Å². The fraction of sp³-hybridized carbons (Fsp3) is 0.759. The van der Waals surface area contributed by atoms with Crippen LogP contribution < -0.4 is 5.73 Å². The van der Waals surface area contributed by atoms with Crippen molar-refractivity contribution in [2.24, 2.45) is 0 Å². The van der Waals surface area contributed by atoms with Crippen molar-refractivity contribution < 1.29 is 23.5 Å². The number of nitrogens with zero attached hydrogens (tertiary/aromatic N) is 4. The van der Waals surface area contributed by atoms with E-state index >= 15 is 0 Å². The number of fused-ring (bicyclic) bond motifs is 1. The summed E-state index contributed by atoms with van der Waals surface area (Å²) in [6.45, 7) is 10.5. The summed E-state index contributed by atoms with van der Waals surface area (Å²) >= 11 is 0. The first-order valence-corrected chi connectivity index (χ1v) is 20.2. The van der Waals surface area contributed by atoms with Gasteiger partial charge in [-0.1, -0.05) is 65.0 Å². The molecule has 3 N–H and O–H groups in total. The largest absolute Gasteiger partial charge is 0.382 e. The summed E-state index contributed by atoms with van der Waals surface area (Å²) in [6, 6.07) is 1.24. The molecule has 232 valence electrons. The number of nitrogen functional groups attached to an aromatic ring is 1. The Hall–Kier alpha value is -1.80. The highest BCUT2D eigenvalue weighted by molar-refractivity contribution is 7.52. The van der Waals surface area contributed by atoms with Crippen LogP contribution in [-0.2, 0) is 25.1 Å². The maximum atomic E-state index is 12.3. The topological polar surface area (TPSA) is 135 Å². The molecule has 0 bridgehead atoms. The molecule has 0 saturated heterocycles. The summed E-state index contributed by atoms with van der Waals surface area (Å²) in [4.78, 5) is 22.4. The molecule has 41 heavy (non-hydrogen) atoms. The number of aromatic nitrogens is 4. The lowest BCUT2D eigenvalue weighted by molar-refractivity contribution is 0.0688. The number of rotatable bonds is 22. The van der Waals surface area contributed by atoms with Gasteiger partial charge in [0.25, 0.3) is 0 Å². The highest BCUT2D eigenvalue weighted by Gasteiger charge is 2.21. The van der Waals surface area contributed by atoms with Crippen molar-refractivity contribution in [1.29, 1.82) is 0 Å². The summed E-state index contributed by atoms with van der Waals surface area (Å²) in [5, 5.41) is 0. The van der Waals surface area contributed by atoms with Gasteiger partial charge in [-0.05, 0) is 32.2 Å². The molecule has 10 nitrogen and oxygen atoms in total. The third kappa shape index (κ3) is 15.3.